The van der Waals surface area contributed by atoms with Crippen LogP contribution in [0.1, 0.15) is 43.8 Å². The number of nitrogens with one attached hydrogen (secondary N) is 1. The predicted molar refractivity (Wildman–Crippen MR) is 86.0 cm³/mol. The fraction of sp³-hybridized carbons (Fsp3) is 0.800. The van der Waals surface area contributed by atoms with Crippen LogP contribution in [0.3, 0.4) is 0 Å². The molecule has 1 aromatic rings. The second-order valence-corrected chi connectivity index (χ2v) is 8.60. The number of imidazole rings is 1. The summed E-state index contributed by atoms with van der Waals surface area (Å²) in [6.45, 7) is 3.37. The lowest BCUT2D eigenvalue weighted by Crippen LogP contribution is -2.43. The molecule has 1 atom stereocenters. The largest absolute Gasteiger partial charge is 0.328 e. The van der Waals surface area contributed by atoms with E-state index < -0.39 is 10.0 Å². The van der Waals surface area contributed by atoms with Crippen LogP contribution in [-0.4, -0.2) is 48.8 Å². The molecule has 3 rings (SSSR count). The van der Waals surface area contributed by atoms with Gasteiger partial charge in [0.05, 0.1) is 24.3 Å². The fourth-order valence-electron chi connectivity index (χ4n) is 3.75. The Morgan fingerprint density at radius 2 is 2.09 bits per heavy atom. The summed E-state index contributed by atoms with van der Waals surface area (Å²) >= 11 is 0. The molecule has 1 aromatic heterocycles. The van der Waals surface area contributed by atoms with Crippen molar-refractivity contribution in [1.82, 2.24) is 19.2 Å². The van der Waals surface area contributed by atoms with Crippen molar-refractivity contribution >= 4 is 10.0 Å². The summed E-state index contributed by atoms with van der Waals surface area (Å²) in [7, 11) is -3.16. The average molecular weight is 326 g/mol. The molecule has 0 bridgehead atoms. The molecule has 22 heavy (non-hydrogen) atoms. The number of nitrogens with zero attached hydrogens (tertiary/aromatic N) is 3. The number of fused-ring (bicyclic) bond motifs is 1. The van der Waals surface area contributed by atoms with Gasteiger partial charge in [-0.3, -0.25) is 4.90 Å². The van der Waals surface area contributed by atoms with E-state index in [2.05, 4.69) is 19.2 Å². The van der Waals surface area contributed by atoms with E-state index in [4.69, 9.17) is 0 Å². The topological polar surface area (TPSA) is 67.2 Å². The lowest BCUT2D eigenvalue weighted by molar-refractivity contribution is 0.144. The van der Waals surface area contributed by atoms with Crippen molar-refractivity contribution in [3.05, 3.63) is 18.2 Å². The van der Waals surface area contributed by atoms with E-state index in [1.165, 1.54) is 44.1 Å². The Labute approximate surface area is 133 Å². The van der Waals surface area contributed by atoms with Crippen molar-refractivity contribution in [2.45, 2.75) is 44.7 Å². The van der Waals surface area contributed by atoms with Crippen LogP contribution in [0.2, 0.25) is 0 Å². The first-order chi connectivity index (χ1) is 10.5. The Morgan fingerprint density at radius 1 is 1.32 bits per heavy atom. The molecule has 1 aliphatic heterocycles. The van der Waals surface area contributed by atoms with Gasteiger partial charge in [-0.1, -0.05) is 19.3 Å². The summed E-state index contributed by atoms with van der Waals surface area (Å²) in [6, 6.07) is 0.129. The van der Waals surface area contributed by atoms with Gasteiger partial charge in [-0.2, -0.15) is 0 Å². The van der Waals surface area contributed by atoms with Gasteiger partial charge in [0.2, 0.25) is 10.0 Å². The Balaban J connectivity index is 1.65. The zero-order chi connectivity index (χ0) is 15.6. The minimum atomic E-state index is -3.16. The van der Waals surface area contributed by atoms with Gasteiger partial charge in [0.15, 0.2) is 0 Å². The molecular formula is C15H26N4O2S. The third-order valence-corrected chi connectivity index (χ3v) is 5.51. The molecule has 0 spiro atoms. The molecule has 0 amide bonds. The first-order valence-corrected chi connectivity index (χ1v) is 10.1. The summed E-state index contributed by atoms with van der Waals surface area (Å²) in [5.41, 5.74) is 1.18. The lowest BCUT2D eigenvalue weighted by atomic mass is 9.88. The van der Waals surface area contributed by atoms with Crippen LogP contribution in [0.15, 0.2) is 12.5 Å². The molecule has 0 radical (unpaired) electrons. The molecule has 1 aliphatic carbocycles. The van der Waals surface area contributed by atoms with Crippen LogP contribution in [0.25, 0.3) is 0 Å². The first-order valence-electron chi connectivity index (χ1n) is 8.19. The second-order valence-electron chi connectivity index (χ2n) is 6.76. The summed E-state index contributed by atoms with van der Waals surface area (Å²) in [5, 5.41) is 0. The first kappa shape index (κ1) is 16.0. The van der Waals surface area contributed by atoms with E-state index >= 15 is 0 Å². The molecule has 1 fully saturated rings. The van der Waals surface area contributed by atoms with E-state index in [0.29, 0.717) is 6.54 Å². The molecule has 0 saturated heterocycles. The maximum Gasteiger partial charge on any atom is 0.208 e. The molecule has 1 saturated carbocycles. The molecule has 124 valence electrons. The molecule has 0 aromatic carbocycles. The van der Waals surface area contributed by atoms with Crippen molar-refractivity contribution in [1.29, 1.82) is 0 Å². The number of sulfonamides is 1. The quantitative estimate of drug-likeness (QED) is 0.887. The van der Waals surface area contributed by atoms with Gasteiger partial charge in [0, 0.05) is 32.4 Å². The van der Waals surface area contributed by atoms with Crippen molar-refractivity contribution in [3.8, 4) is 0 Å². The van der Waals surface area contributed by atoms with Gasteiger partial charge in [-0.15, -0.1) is 0 Å². The van der Waals surface area contributed by atoms with E-state index in [1.54, 1.807) is 0 Å². The molecule has 6 nitrogen and oxygen atoms in total. The standard InChI is InChI=1S/C15H26N4O2S/c1-22(20,21)17-8-15-11-18(9-13-5-3-2-4-6-13)10-14-7-16-12-19(14)15/h7,12-13,15,17H,2-6,8-11H2,1H3/t15-/m0/s1. The zero-order valence-electron chi connectivity index (χ0n) is 13.2. The predicted octanol–water partition coefficient (Wildman–Crippen LogP) is 1.37. The molecular weight excluding hydrogens is 300 g/mol. The molecule has 0 unspecified atom stereocenters. The third-order valence-electron chi connectivity index (χ3n) is 4.82. The Hall–Kier alpha value is -0.920. The maximum absolute atomic E-state index is 11.4. The van der Waals surface area contributed by atoms with E-state index in [9.17, 15) is 8.42 Å². The van der Waals surface area contributed by atoms with Crippen LogP contribution >= 0.6 is 0 Å². The summed E-state index contributed by atoms with van der Waals surface area (Å²) < 4.78 is 27.5. The van der Waals surface area contributed by atoms with Crippen molar-refractivity contribution in [2.24, 2.45) is 5.92 Å². The highest BCUT2D eigenvalue weighted by molar-refractivity contribution is 7.88. The van der Waals surface area contributed by atoms with E-state index in [0.717, 1.165) is 25.6 Å². The highest BCUT2D eigenvalue weighted by Gasteiger charge is 2.27. The minimum absolute atomic E-state index is 0.129. The summed E-state index contributed by atoms with van der Waals surface area (Å²) in [6.07, 6.45) is 11.7. The normalized spacial score (nSPS) is 24.3. The summed E-state index contributed by atoms with van der Waals surface area (Å²) in [5.74, 6) is 0.798. The highest BCUT2D eigenvalue weighted by Crippen LogP contribution is 2.27. The van der Waals surface area contributed by atoms with Crippen LogP contribution in [0.4, 0.5) is 0 Å². The van der Waals surface area contributed by atoms with Crippen molar-refractivity contribution in [2.75, 3.05) is 25.9 Å². The Bertz CT molecular complexity index is 592. The summed E-state index contributed by atoms with van der Waals surface area (Å²) in [4.78, 5) is 6.71. The smallest absolute Gasteiger partial charge is 0.208 e. The van der Waals surface area contributed by atoms with Gasteiger partial charge in [0.1, 0.15) is 0 Å². The van der Waals surface area contributed by atoms with Gasteiger partial charge in [0.25, 0.3) is 0 Å². The van der Waals surface area contributed by atoms with Crippen LogP contribution in [0.5, 0.6) is 0 Å². The number of rotatable bonds is 5. The maximum atomic E-state index is 11.4. The Kier molecular flexibility index (Phi) is 4.84. The van der Waals surface area contributed by atoms with E-state index in [1.807, 2.05) is 12.5 Å². The third kappa shape index (κ3) is 4.08. The minimum Gasteiger partial charge on any atom is -0.328 e. The van der Waals surface area contributed by atoms with Gasteiger partial charge < -0.3 is 4.57 Å². The average Bonchev–Trinajstić information content (AvgIpc) is 2.93. The van der Waals surface area contributed by atoms with Crippen LogP contribution in [0, 0.1) is 5.92 Å². The van der Waals surface area contributed by atoms with Gasteiger partial charge in [-0.05, 0) is 18.8 Å². The number of aromatic nitrogens is 2. The number of hydrogen-bond acceptors (Lipinski definition) is 4. The fourth-order valence-corrected chi connectivity index (χ4v) is 4.24. The Morgan fingerprint density at radius 3 is 2.82 bits per heavy atom. The lowest BCUT2D eigenvalue weighted by Gasteiger charge is -2.37. The van der Waals surface area contributed by atoms with Crippen molar-refractivity contribution in [3.63, 3.8) is 0 Å². The second kappa shape index (κ2) is 6.68. The van der Waals surface area contributed by atoms with Gasteiger partial charge >= 0.3 is 0 Å². The van der Waals surface area contributed by atoms with Crippen molar-refractivity contribution < 1.29 is 8.42 Å². The van der Waals surface area contributed by atoms with E-state index in [-0.39, 0.29) is 6.04 Å². The van der Waals surface area contributed by atoms with Crippen LogP contribution in [-0.2, 0) is 16.6 Å². The number of hydrogen-bond donors (Lipinski definition) is 1. The SMILES string of the molecule is CS(=O)(=O)NC[C@H]1CN(CC2CCCCC2)Cc2cncn21. The molecule has 2 aliphatic rings. The van der Waals surface area contributed by atoms with Gasteiger partial charge in [-0.25, -0.2) is 18.1 Å². The molecule has 1 N–H and O–H groups in total. The highest BCUT2D eigenvalue weighted by atomic mass is 32.2. The molecule has 2 heterocycles. The molecule has 7 heteroatoms. The zero-order valence-corrected chi connectivity index (χ0v) is 14.1. The van der Waals surface area contributed by atoms with Crippen LogP contribution < -0.4 is 4.72 Å². The monoisotopic (exact) mass is 326 g/mol.